The van der Waals surface area contributed by atoms with Gasteiger partial charge in [-0.2, -0.15) is 4.98 Å². The van der Waals surface area contributed by atoms with Crippen molar-refractivity contribution in [2.24, 2.45) is 0 Å². The molecule has 1 amide bonds. The zero-order valence-corrected chi connectivity index (χ0v) is 14.7. The number of nitrogens with zero attached hydrogens (tertiary/aromatic N) is 5. The van der Waals surface area contributed by atoms with Crippen LogP contribution in [0.3, 0.4) is 0 Å². The van der Waals surface area contributed by atoms with E-state index < -0.39 is 0 Å². The second kappa shape index (κ2) is 7.92. The van der Waals surface area contributed by atoms with Crippen LogP contribution in [0.2, 0.25) is 0 Å². The zero-order valence-electron chi connectivity index (χ0n) is 14.7. The van der Waals surface area contributed by atoms with Crippen molar-refractivity contribution in [2.75, 3.05) is 39.4 Å². The van der Waals surface area contributed by atoms with Crippen molar-refractivity contribution in [3.63, 3.8) is 0 Å². The number of likely N-dealkylation sites (tertiary alicyclic amines) is 1. The van der Waals surface area contributed by atoms with E-state index in [0.29, 0.717) is 26.3 Å². The number of ether oxygens (including phenoxy) is 1. The molecule has 8 heteroatoms. The largest absolute Gasteiger partial charge is 0.379 e. The molecular weight excluding hydrogens is 334 g/mol. The summed E-state index contributed by atoms with van der Waals surface area (Å²) in [6.07, 6.45) is 6.61. The van der Waals surface area contributed by atoms with Crippen LogP contribution in [0.25, 0.3) is 0 Å². The first-order chi connectivity index (χ1) is 12.8. The molecule has 26 heavy (non-hydrogen) atoms. The number of hydrogen-bond acceptors (Lipinski definition) is 7. The van der Waals surface area contributed by atoms with Gasteiger partial charge < -0.3 is 14.2 Å². The third-order valence-corrected chi connectivity index (χ3v) is 5.20. The summed E-state index contributed by atoms with van der Waals surface area (Å²) in [5.74, 6) is 1.15. The predicted octanol–water partition coefficient (Wildman–Crippen LogP) is 1.24. The van der Waals surface area contributed by atoms with Crippen LogP contribution < -0.4 is 0 Å². The van der Waals surface area contributed by atoms with Crippen molar-refractivity contribution < 1.29 is 14.1 Å². The first kappa shape index (κ1) is 17.1. The molecule has 2 aliphatic heterocycles. The molecule has 0 bridgehead atoms. The Kier molecular flexibility index (Phi) is 5.21. The average Bonchev–Trinajstić information content (AvgIpc) is 3.25. The highest BCUT2D eigenvalue weighted by Gasteiger charge is 2.35. The van der Waals surface area contributed by atoms with Gasteiger partial charge in [0, 0.05) is 44.5 Å². The number of carbonyl (C=O) groups is 1. The van der Waals surface area contributed by atoms with Gasteiger partial charge in [-0.3, -0.25) is 14.7 Å². The summed E-state index contributed by atoms with van der Waals surface area (Å²) in [4.78, 5) is 25.9. The van der Waals surface area contributed by atoms with Gasteiger partial charge in [-0.05, 0) is 24.5 Å². The maximum atomic E-state index is 13.4. The standard InChI is InChI=1S/C18H23N5O3/c24-18(23-6-3-14(4-7-23)17-20-13-26-21-17)16(15-2-1-5-19-12-15)22-8-10-25-11-9-22/h1-2,5,12-14,16H,3-4,6-11H2/t16-/m0/s1. The highest BCUT2D eigenvalue weighted by molar-refractivity contribution is 5.83. The van der Waals surface area contributed by atoms with Crippen molar-refractivity contribution in [1.82, 2.24) is 24.9 Å². The van der Waals surface area contributed by atoms with E-state index in [1.165, 1.54) is 6.39 Å². The molecule has 2 aliphatic rings. The fraction of sp³-hybridized carbons (Fsp3) is 0.556. The van der Waals surface area contributed by atoms with Crippen LogP contribution in [0.1, 0.15) is 36.2 Å². The van der Waals surface area contributed by atoms with E-state index in [1.807, 2.05) is 17.0 Å². The molecule has 0 saturated carbocycles. The number of pyridine rings is 1. The van der Waals surface area contributed by atoms with Crippen LogP contribution >= 0.6 is 0 Å². The molecule has 2 aromatic rings. The van der Waals surface area contributed by atoms with Crippen molar-refractivity contribution in [1.29, 1.82) is 0 Å². The first-order valence-electron chi connectivity index (χ1n) is 9.09. The Labute approximate surface area is 152 Å². The summed E-state index contributed by atoms with van der Waals surface area (Å²) in [7, 11) is 0. The van der Waals surface area contributed by atoms with E-state index in [1.54, 1.807) is 12.4 Å². The van der Waals surface area contributed by atoms with Gasteiger partial charge in [-0.25, -0.2) is 0 Å². The van der Waals surface area contributed by atoms with Crippen LogP contribution in [0.4, 0.5) is 0 Å². The lowest BCUT2D eigenvalue weighted by Gasteiger charge is -2.38. The van der Waals surface area contributed by atoms with Gasteiger partial charge >= 0.3 is 0 Å². The zero-order chi connectivity index (χ0) is 17.8. The average molecular weight is 357 g/mol. The number of carbonyl (C=O) groups excluding carboxylic acids is 1. The number of hydrogen-bond donors (Lipinski definition) is 0. The Hall–Kier alpha value is -2.32. The van der Waals surface area contributed by atoms with Gasteiger partial charge in [0.2, 0.25) is 12.3 Å². The number of morpholine rings is 1. The molecule has 0 radical (unpaired) electrons. The van der Waals surface area contributed by atoms with E-state index in [2.05, 4.69) is 20.0 Å². The molecule has 0 aromatic carbocycles. The molecule has 4 rings (SSSR count). The van der Waals surface area contributed by atoms with Gasteiger partial charge in [0.1, 0.15) is 6.04 Å². The van der Waals surface area contributed by atoms with Gasteiger partial charge in [0.25, 0.3) is 0 Å². The smallest absolute Gasteiger partial charge is 0.244 e. The molecule has 0 aliphatic carbocycles. The lowest BCUT2D eigenvalue weighted by molar-refractivity contribution is -0.140. The van der Waals surface area contributed by atoms with Gasteiger partial charge in [-0.15, -0.1) is 0 Å². The lowest BCUT2D eigenvalue weighted by Crippen LogP contribution is -2.49. The van der Waals surface area contributed by atoms with Crippen LogP contribution in [0, 0.1) is 0 Å². The van der Waals surface area contributed by atoms with E-state index in [4.69, 9.17) is 9.26 Å². The summed E-state index contributed by atoms with van der Waals surface area (Å²) >= 11 is 0. The fourth-order valence-electron chi connectivity index (χ4n) is 3.77. The summed E-state index contributed by atoms with van der Waals surface area (Å²) < 4.78 is 10.3. The van der Waals surface area contributed by atoms with E-state index in [0.717, 1.165) is 37.3 Å². The SMILES string of the molecule is O=C([C@H](c1cccnc1)N1CCOCC1)N1CCC(c2ncon2)CC1. The van der Waals surface area contributed by atoms with E-state index in [9.17, 15) is 4.79 Å². The minimum Gasteiger partial charge on any atom is -0.379 e. The predicted molar refractivity (Wildman–Crippen MR) is 92.2 cm³/mol. The Bertz CT molecular complexity index is 695. The third-order valence-electron chi connectivity index (χ3n) is 5.20. The summed E-state index contributed by atoms with van der Waals surface area (Å²) in [5.41, 5.74) is 0.944. The Balaban J connectivity index is 1.48. The van der Waals surface area contributed by atoms with Gasteiger partial charge in [0.15, 0.2) is 5.82 Å². The summed E-state index contributed by atoms with van der Waals surface area (Å²) in [6, 6.07) is 3.57. The number of rotatable bonds is 4. The Morgan fingerprint density at radius 2 is 2.00 bits per heavy atom. The molecule has 0 unspecified atom stereocenters. The molecule has 138 valence electrons. The fourth-order valence-corrected chi connectivity index (χ4v) is 3.77. The monoisotopic (exact) mass is 357 g/mol. The molecule has 8 nitrogen and oxygen atoms in total. The van der Waals surface area contributed by atoms with Crippen LogP contribution in [0.15, 0.2) is 35.4 Å². The summed E-state index contributed by atoms with van der Waals surface area (Å²) in [5, 5.41) is 3.95. The highest BCUT2D eigenvalue weighted by atomic mass is 16.5. The Morgan fingerprint density at radius 1 is 1.19 bits per heavy atom. The van der Waals surface area contributed by atoms with Crippen molar-refractivity contribution in [3.05, 3.63) is 42.3 Å². The van der Waals surface area contributed by atoms with Crippen molar-refractivity contribution in [2.45, 2.75) is 24.8 Å². The summed E-state index contributed by atoms with van der Waals surface area (Å²) in [6.45, 7) is 4.24. The molecule has 4 heterocycles. The van der Waals surface area contributed by atoms with E-state index in [-0.39, 0.29) is 17.9 Å². The quantitative estimate of drug-likeness (QED) is 0.814. The maximum absolute atomic E-state index is 13.4. The molecule has 2 saturated heterocycles. The van der Waals surface area contributed by atoms with Crippen LogP contribution in [-0.4, -0.2) is 70.2 Å². The number of aromatic nitrogens is 3. The highest BCUT2D eigenvalue weighted by Crippen LogP contribution is 2.29. The maximum Gasteiger partial charge on any atom is 0.244 e. The molecular formula is C18H23N5O3. The van der Waals surface area contributed by atoms with Crippen molar-refractivity contribution in [3.8, 4) is 0 Å². The van der Waals surface area contributed by atoms with Crippen molar-refractivity contribution >= 4 is 5.91 Å². The van der Waals surface area contributed by atoms with Gasteiger partial charge in [-0.1, -0.05) is 11.2 Å². The molecule has 2 fully saturated rings. The Morgan fingerprint density at radius 3 is 2.65 bits per heavy atom. The third kappa shape index (κ3) is 3.61. The molecule has 2 aromatic heterocycles. The minimum absolute atomic E-state index is 0.145. The second-order valence-electron chi connectivity index (χ2n) is 6.73. The van der Waals surface area contributed by atoms with Crippen LogP contribution in [-0.2, 0) is 9.53 Å². The molecule has 1 atom stereocenters. The lowest BCUT2D eigenvalue weighted by atomic mass is 9.95. The second-order valence-corrected chi connectivity index (χ2v) is 6.73. The normalized spacial score (nSPS) is 20.8. The van der Waals surface area contributed by atoms with E-state index >= 15 is 0 Å². The molecule has 0 spiro atoms. The van der Waals surface area contributed by atoms with Crippen LogP contribution in [0.5, 0.6) is 0 Å². The van der Waals surface area contributed by atoms with Gasteiger partial charge in [0.05, 0.1) is 13.2 Å². The topological polar surface area (TPSA) is 84.6 Å². The number of piperidine rings is 1. The molecule has 0 N–H and O–H groups in total. The number of amides is 1. The minimum atomic E-state index is -0.297. The first-order valence-corrected chi connectivity index (χ1v) is 9.09.